The van der Waals surface area contributed by atoms with E-state index in [-0.39, 0.29) is 11.4 Å². The number of carbonyl (C=O) groups excluding carboxylic acids is 1. The van der Waals surface area contributed by atoms with Gasteiger partial charge >= 0.3 is 6.18 Å². The van der Waals surface area contributed by atoms with Crippen LogP contribution >= 0.6 is 34.9 Å². The van der Waals surface area contributed by atoms with Gasteiger partial charge in [0.05, 0.1) is 11.3 Å². The summed E-state index contributed by atoms with van der Waals surface area (Å²) in [5.41, 5.74) is 1.45. The maximum atomic E-state index is 12.8. The molecule has 1 amide bonds. The number of anilines is 1. The largest absolute Gasteiger partial charge is 0.416 e. The fourth-order valence-electron chi connectivity index (χ4n) is 2.75. The fraction of sp³-hybridized carbons (Fsp3) is 0.100. The van der Waals surface area contributed by atoms with Crippen LogP contribution in [0, 0.1) is 0 Å². The standard InChI is InChI=1S/C20H12ClF3N4OS2/c21-13-6-4-11(5-7-13)16-17-18(31-28-16)19(26-10-25-17)30-9-15(29)27-14-3-1-2-12(8-14)20(22,23)24/h1-8,10H,9H2,(H,27,29). The number of halogens is 4. The Kier molecular flexibility index (Phi) is 6.12. The normalized spacial score (nSPS) is 11.6. The summed E-state index contributed by atoms with van der Waals surface area (Å²) in [5.74, 6) is -0.477. The molecule has 2 heterocycles. The SMILES string of the molecule is O=C(CSc1ncnc2c(-c3ccc(Cl)cc3)nsc12)Nc1cccc(C(F)(F)F)c1. The van der Waals surface area contributed by atoms with E-state index in [1.54, 1.807) is 12.1 Å². The summed E-state index contributed by atoms with van der Waals surface area (Å²) in [6, 6.07) is 11.7. The number of hydrogen-bond acceptors (Lipinski definition) is 6. The van der Waals surface area contributed by atoms with Crippen molar-refractivity contribution >= 4 is 56.7 Å². The van der Waals surface area contributed by atoms with Crippen LogP contribution in [-0.4, -0.2) is 26.0 Å². The number of benzene rings is 2. The molecule has 0 spiro atoms. The van der Waals surface area contributed by atoms with E-state index in [0.29, 0.717) is 21.3 Å². The molecule has 0 bridgehead atoms. The Labute approximate surface area is 187 Å². The lowest BCUT2D eigenvalue weighted by atomic mass is 10.1. The first kappa shape index (κ1) is 21.5. The van der Waals surface area contributed by atoms with Crippen molar-refractivity contribution in [3.05, 3.63) is 65.4 Å². The first-order valence-corrected chi connectivity index (χ1v) is 10.9. The number of amides is 1. The lowest BCUT2D eigenvalue weighted by molar-refractivity contribution is -0.137. The minimum Gasteiger partial charge on any atom is -0.325 e. The smallest absolute Gasteiger partial charge is 0.325 e. The van der Waals surface area contributed by atoms with Crippen molar-refractivity contribution in [1.82, 2.24) is 14.3 Å². The van der Waals surface area contributed by atoms with Crippen LogP contribution < -0.4 is 5.32 Å². The van der Waals surface area contributed by atoms with Crippen LogP contribution in [-0.2, 0) is 11.0 Å². The second-order valence-corrected chi connectivity index (χ2v) is 8.48. The Balaban J connectivity index is 1.48. The van der Waals surface area contributed by atoms with Crippen LogP contribution in [0.25, 0.3) is 21.5 Å². The monoisotopic (exact) mass is 480 g/mol. The summed E-state index contributed by atoms with van der Waals surface area (Å²) in [6.45, 7) is 0. The highest BCUT2D eigenvalue weighted by Crippen LogP contribution is 2.35. The minimum absolute atomic E-state index is 0.0312. The molecular weight excluding hydrogens is 469 g/mol. The molecule has 1 N–H and O–H groups in total. The molecule has 0 saturated carbocycles. The van der Waals surface area contributed by atoms with Crippen LogP contribution in [0.4, 0.5) is 18.9 Å². The lowest BCUT2D eigenvalue weighted by Gasteiger charge is -2.09. The number of hydrogen-bond donors (Lipinski definition) is 1. The second-order valence-electron chi connectivity index (χ2n) is 6.31. The van der Waals surface area contributed by atoms with E-state index in [1.807, 2.05) is 12.1 Å². The van der Waals surface area contributed by atoms with E-state index < -0.39 is 17.6 Å². The summed E-state index contributed by atoms with van der Waals surface area (Å²) in [6.07, 6.45) is -3.08. The number of rotatable bonds is 5. The predicted octanol–water partition coefficient (Wildman–Crippen LogP) is 6.16. The number of alkyl halides is 3. The van der Waals surface area contributed by atoms with Crippen molar-refractivity contribution in [2.75, 3.05) is 11.1 Å². The van der Waals surface area contributed by atoms with Gasteiger partial charge < -0.3 is 5.32 Å². The van der Waals surface area contributed by atoms with E-state index in [0.717, 1.165) is 34.2 Å². The van der Waals surface area contributed by atoms with E-state index in [1.165, 1.54) is 30.0 Å². The average Bonchev–Trinajstić information content (AvgIpc) is 3.17. The van der Waals surface area contributed by atoms with Gasteiger partial charge in [0.15, 0.2) is 0 Å². The van der Waals surface area contributed by atoms with E-state index in [4.69, 9.17) is 11.6 Å². The van der Waals surface area contributed by atoms with Gasteiger partial charge in [-0.25, -0.2) is 9.97 Å². The molecule has 0 aliphatic carbocycles. The van der Waals surface area contributed by atoms with Gasteiger partial charge in [-0.05, 0) is 41.9 Å². The molecule has 4 aromatic rings. The molecule has 0 unspecified atom stereocenters. The number of carbonyl (C=O) groups is 1. The van der Waals surface area contributed by atoms with E-state index in [2.05, 4.69) is 19.7 Å². The third-order valence-electron chi connectivity index (χ3n) is 4.15. The Morgan fingerprint density at radius 1 is 1.13 bits per heavy atom. The van der Waals surface area contributed by atoms with Crippen molar-refractivity contribution in [3.63, 3.8) is 0 Å². The van der Waals surface area contributed by atoms with Gasteiger partial charge in [-0.15, -0.1) is 0 Å². The zero-order chi connectivity index (χ0) is 22.0. The molecule has 4 rings (SSSR count). The molecule has 5 nitrogen and oxygen atoms in total. The van der Waals surface area contributed by atoms with Gasteiger partial charge in [-0.2, -0.15) is 17.5 Å². The van der Waals surface area contributed by atoms with Crippen LogP contribution in [0.15, 0.2) is 59.9 Å². The van der Waals surface area contributed by atoms with Gasteiger partial charge in [-0.3, -0.25) is 4.79 Å². The minimum atomic E-state index is -4.48. The van der Waals surface area contributed by atoms with Crippen LogP contribution in [0.1, 0.15) is 5.56 Å². The van der Waals surface area contributed by atoms with Crippen LogP contribution in [0.5, 0.6) is 0 Å². The molecule has 0 atom stereocenters. The summed E-state index contributed by atoms with van der Waals surface area (Å²) >= 11 is 8.31. The quantitative estimate of drug-likeness (QED) is 0.274. The highest BCUT2D eigenvalue weighted by Gasteiger charge is 2.30. The third kappa shape index (κ3) is 4.97. The molecule has 158 valence electrons. The second kappa shape index (κ2) is 8.81. The first-order chi connectivity index (χ1) is 14.8. The predicted molar refractivity (Wildman–Crippen MR) is 116 cm³/mol. The zero-order valence-corrected chi connectivity index (χ0v) is 17.9. The first-order valence-electron chi connectivity index (χ1n) is 8.77. The van der Waals surface area contributed by atoms with Crippen molar-refractivity contribution in [3.8, 4) is 11.3 Å². The number of aromatic nitrogens is 3. The molecule has 2 aromatic heterocycles. The van der Waals surface area contributed by atoms with Gasteiger partial charge in [0.25, 0.3) is 0 Å². The fourth-order valence-corrected chi connectivity index (χ4v) is 4.59. The maximum Gasteiger partial charge on any atom is 0.416 e. The topological polar surface area (TPSA) is 67.8 Å². The zero-order valence-electron chi connectivity index (χ0n) is 15.5. The van der Waals surface area contributed by atoms with Gasteiger partial charge in [0, 0.05) is 16.3 Å². The van der Waals surface area contributed by atoms with Crippen LogP contribution in [0.2, 0.25) is 5.02 Å². The maximum absolute atomic E-state index is 12.8. The highest BCUT2D eigenvalue weighted by molar-refractivity contribution is 8.00. The molecule has 0 fully saturated rings. The Morgan fingerprint density at radius 2 is 1.90 bits per heavy atom. The summed E-state index contributed by atoms with van der Waals surface area (Å²) in [7, 11) is 0. The van der Waals surface area contributed by atoms with Gasteiger partial charge in [0.1, 0.15) is 27.3 Å². The molecular formula is C20H12ClF3N4OS2. The highest BCUT2D eigenvalue weighted by atomic mass is 35.5. The Hall–Kier alpha value is -2.69. The summed E-state index contributed by atoms with van der Waals surface area (Å²) < 4.78 is 43.7. The Bertz CT molecular complexity index is 1250. The van der Waals surface area contributed by atoms with Gasteiger partial charge in [-0.1, -0.05) is 41.6 Å². The Morgan fingerprint density at radius 3 is 2.65 bits per heavy atom. The van der Waals surface area contributed by atoms with E-state index >= 15 is 0 Å². The van der Waals surface area contributed by atoms with Crippen molar-refractivity contribution in [1.29, 1.82) is 0 Å². The van der Waals surface area contributed by atoms with Crippen LogP contribution in [0.3, 0.4) is 0 Å². The summed E-state index contributed by atoms with van der Waals surface area (Å²) in [4.78, 5) is 20.8. The molecule has 11 heteroatoms. The molecule has 2 aromatic carbocycles. The van der Waals surface area contributed by atoms with E-state index in [9.17, 15) is 18.0 Å². The third-order valence-corrected chi connectivity index (χ3v) is 6.37. The molecule has 0 saturated heterocycles. The number of thioether (sulfide) groups is 1. The number of nitrogens with zero attached hydrogens (tertiary/aromatic N) is 3. The van der Waals surface area contributed by atoms with Crippen molar-refractivity contribution in [2.45, 2.75) is 11.2 Å². The lowest BCUT2D eigenvalue weighted by Crippen LogP contribution is -2.15. The number of nitrogens with one attached hydrogen (secondary N) is 1. The molecule has 0 aliphatic rings. The number of fused-ring (bicyclic) bond motifs is 1. The average molecular weight is 481 g/mol. The van der Waals surface area contributed by atoms with Gasteiger partial charge in [0.2, 0.25) is 5.91 Å². The van der Waals surface area contributed by atoms with Crippen molar-refractivity contribution < 1.29 is 18.0 Å². The molecule has 0 aliphatic heterocycles. The molecule has 31 heavy (non-hydrogen) atoms. The van der Waals surface area contributed by atoms with Crippen molar-refractivity contribution in [2.24, 2.45) is 0 Å². The summed E-state index contributed by atoms with van der Waals surface area (Å²) in [5, 5.41) is 3.66. The molecule has 0 radical (unpaired) electrons.